The lowest BCUT2D eigenvalue weighted by Crippen LogP contribution is -2.41. The predicted octanol–water partition coefficient (Wildman–Crippen LogP) is 1.31. The average molecular weight is 289 g/mol. The highest BCUT2D eigenvalue weighted by atomic mass is 35.5. The van der Waals surface area contributed by atoms with Gasteiger partial charge in [0.1, 0.15) is 5.82 Å². The molecule has 106 valence electrons. The fraction of sp³-hybridized carbons (Fsp3) is 0.462. The van der Waals surface area contributed by atoms with Crippen LogP contribution in [0.1, 0.15) is 10.4 Å². The zero-order valence-corrected chi connectivity index (χ0v) is 11.4. The molecule has 1 aromatic carbocycles. The first-order chi connectivity index (χ1) is 8.75. The van der Waals surface area contributed by atoms with E-state index in [0.29, 0.717) is 12.1 Å². The van der Waals surface area contributed by atoms with E-state index >= 15 is 0 Å². The van der Waals surface area contributed by atoms with E-state index in [4.69, 9.17) is 4.74 Å². The van der Waals surface area contributed by atoms with Crippen molar-refractivity contribution in [1.29, 1.82) is 0 Å². The fourth-order valence-corrected chi connectivity index (χ4v) is 1.88. The number of hydrogen-bond donors (Lipinski definition) is 1. The van der Waals surface area contributed by atoms with Crippen LogP contribution in [0.2, 0.25) is 0 Å². The second kappa shape index (κ2) is 8.09. The summed E-state index contributed by atoms with van der Waals surface area (Å²) in [5.41, 5.74) is 0.358. The van der Waals surface area contributed by atoms with Crippen molar-refractivity contribution in [3.8, 4) is 0 Å². The van der Waals surface area contributed by atoms with Crippen LogP contribution in [0.25, 0.3) is 0 Å². The van der Waals surface area contributed by atoms with Crippen LogP contribution in [0, 0.1) is 5.82 Å². The Labute approximate surface area is 118 Å². The van der Waals surface area contributed by atoms with Gasteiger partial charge in [-0.15, -0.1) is 12.4 Å². The van der Waals surface area contributed by atoms with Gasteiger partial charge in [0.15, 0.2) is 0 Å². The van der Waals surface area contributed by atoms with Crippen LogP contribution < -0.4 is 5.32 Å². The number of nitrogens with one attached hydrogen (secondary N) is 1. The molecule has 1 heterocycles. The van der Waals surface area contributed by atoms with Crippen LogP contribution in [0.15, 0.2) is 24.3 Å². The predicted molar refractivity (Wildman–Crippen MR) is 73.2 cm³/mol. The maximum absolute atomic E-state index is 12.9. The molecule has 0 unspecified atom stereocenters. The summed E-state index contributed by atoms with van der Waals surface area (Å²) in [4.78, 5) is 13.9. The molecule has 2 rings (SSSR count). The van der Waals surface area contributed by atoms with Crippen LogP contribution in [-0.2, 0) is 4.74 Å². The molecule has 1 saturated heterocycles. The van der Waals surface area contributed by atoms with Crippen molar-refractivity contribution in [3.05, 3.63) is 35.6 Å². The topological polar surface area (TPSA) is 41.6 Å². The maximum atomic E-state index is 12.9. The van der Waals surface area contributed by atoms with Crippen molar-refractivity contribution in [2.24, 2.45) is 0 Å². The van der Waals surface area contributed by atoms with Gasteiger partial charge in [-0.1, -0.05) is 6.07 Å². The van der Waals surface area contributed by atoms with E-state index in [0.717, 1.165) is 32.8 Å². The standard InChI is InChI=1S/C13H17FN2O2.ClH/c14-12-3-1-2-11(10-12)13(17)15-4-5-16-6-8-18-9-7-16;/h1-3,10H,4-9H2,(H,15,17);1H. The monoisotopic (exact) mass is 288 g/mol. The molecule has 0 spiro atoms. The van der Waals surface area contributed by atoms with E-state index in [1.807, 2.05) is 0 Å². The van der Waals surface area contributed by atoms with Gasteiger partial charge in [0.05, 0.1) is 13.2 Å². The van der Waals surface area contributed by atoms with Crippen LogP contribution in [-0.4, -0.2) is 50.2 Å². The number of carbonyl (C=O) groups is 1. The van der Waals surface area contributed by atoms with Crippen molar-refractivity contribution in [1.82, 2.24) is 10.2 Å². The van der Waals surface area contributed by atoms with E-state index < -0.39 is 5.82 Å². The van der Waals surface area contributed by atoms with Crippen molar-refractivity contribution in [2.75, 3.05) is 39.4 Å². The quantitative estimate of drug-likeness (QED) is 0.908. The van der Waals surface area contributed by atoms with Gasteiger partial charge in [-0.3, -0.25) is 9.69 Å². The number of nitrogens with zero attached hydrogens (tertiary/aromatic N) is 1. The Bertz CT molecular complexity index is 411. The Balaban J connectivity index is 0.00000180. The maximum Gasteiger partial charge on any atom is 0.251 e. The summed E-state index contributed by atoms with van der Waals surface area (Å²) in [6.07, 6.45) is 0. The van der Waals surface area contributed by atoms with Crippen molar-refractivity contribution in [2.45, 2.75) is 0 Å². The Kier molecular flexibility index (Phi) is 6.77. The summed E-state index contributed by atoms with van der Waals surface area (Å²) in [6.45, 7) is 4.65. The summed E-state index contributed by atoms with van der Waals surface area (Å²) in [6, 6.07) is 5.70. The highest BCUT2D eigenvalue weighted by Gasteiger charge is 2.10. The molecule has 6 heteroatoms. The molecule has 1 aliphatic heterocycles. The molecule has 0 atom stereocenters. The molecule has 4 nitrogen and oxygen atoms in total. The zero-order chi connectivity index (χ0) is 12.8. The number of morpholine rings is 1. The number of benzene rings is 1. The van der Waals surface area contributed by atoms with Gasteiger partial charge in [0.25, 0.3) is 5.91 Å². The molecule has 19 heavy (non-hydrogen) atoms. The number of rotatable bonds is 4. The van der Waals surface area contributed by atoms with Gasteiger partial charge >= 0.3 is 0 Å². The number of ether oxygens (including phenoxy) is 1. The summed E-state index contributed by atoms with van der Waals surface area (Å²) in [5, 5.41) is 2.79. The molecule has 1 aliphatic rings. The first-order valence-electron chi connectivity index (χ1n) is 6.09. The summed E-state index contributed by atoms with van der Waals surface area (Å²) in [5.74, 6) is -0.626. The molecule has 1 N–H and O–H groups in total. The molecule has 1 fully saturated rings. The number of halogens is 2. The third-order valence-electron chi connectivity index (χ3n) is 2.90. The minimum Gasteiger partial charge on any atom is -0.379 e. The molecular formula is C13H18ClFN2O2. The molecule has 0 aliphatic carbocycles. The van der Waals surface area contributed by atoms with E-state index in [9.17, 15) is 9.18 Å². The Morgan fingerprint density at radius 2 is 2.11 bits per heavy atom. The summed E-state index contributed by atoms with van der Waals surface area (Å²) in [7, 11) is 0. The van der Waals surface area contributed by atoms with E-state index in [1.54, 1.807) is 6.07 Å². The third kappa shape index (κ3) is 5.14. The zero-order valence-electron chi connectivity index (χ0n) is 10.6. The summed E-state index contributed by atoms with van der Waals surface area (Å²) >= 11 is 0. The van der Waals surface area contributed by atoms with Crippen LogP contribution in [0.4, 0.5) is 4.39 Å². The highest BCUT2D eigenvalue weighted by molar-refractivity contribution is 5.94. The van der Waals surface area contributed by atoms with Crippen molar-refractivity contribution < 1.29 is 13.9 Å². The second-order valence-corrected chi connectivity index (χ2v) is 4.22. The highest BCUT2D eigenvalue weighted by Crippen LogP contribution is 2.03. The van der Waals surface area contributed by atoms with E-state index in [-0.39, 0.29) is 18.3 Å². The molecular weight excluding hydrogens is 271 g/mol. The van der Waals surface area contributed by atoms with E-state index in [1.165, 1.54) is 18.2 Å². The fourth-order valence-electron chi connectivity index (χ4n) is 1.88. The first-order valence-corrected chi connectivity index (χ1v) is 6.09. The summed E-state index contributed by atoms with van der Waals surface area (Å²) < 4.78 is 18.2. The van der Waals surface area contributed by atoms with Crippen LogP contribution in [0.3, 0.4) is 0 Å². The minimum atomic E-state index is -0.393. The van der Waals surface area contributed by atoms with Gasteiger partial charge in [0, 0.05) is 31.7 Å². The normalized spacial score (nSPS) is 15.6. The third-order valence-corrected chi connectivity index (χ3v) is 2.90. The molecule has 1 aromatic rings. The number of amides is 1. The largest absolute Gasteiger partial charge is 0.379 e. The van der Waals surface area contributed by atoms with Gasteiger partial charge in [-0.05, 0) is 18.2 Å². The van der Waals surface area contributed by atoms with Crippen LogP contribution in [0.5, 0.6) is 0 Å². The first kappa shape index (κ1) is 15.9. The molecule has 0 aromatic heterocycles. The lowest BCUT2D eigenvalue weighted by molar-refractivity contribution is 0.0383. The Morgan fingerprint density at radius 1 is 1.37 bits per heavy atom. The van der Waals surface area contributed by atoms with Gasteiger partial charge in [0.2, 0.25) is 0 Å². The molecule has 0 bridgehead atoms. The van der Waals surface area contributed by atoms with Gasteiger partial charge < -0.3 is 10.1 Å². The van der Waals surface area contributed by atoms with Gasteiger partial charge in [-0.2, -0.15) is 0 Å². The SMILES string of the molecule is Cl.O=C(NCCN1CCOCC1)c1cccc(F)c1. The Hall–Kier alpha value is -1.17. The average Bonchev–Trinajstić information content (AvgIpc) is 2.40. The molecule has 0 radical (unpaired) electrons. The van der Waals surface area contributed by atoms with E-state index in [2.05, 4.69) is 10.2 Å². The Morgan fingerprint density at radius 3 is 2.79 bits per heavy atom. The van der Waals surface area contributed by atoms with Crippen LogP contribution >= 0.6 is 12.4 Å². The molecule has 1 amide bonds. The number of carbonyl (C=O) groups excluding carboxylic acids is 1. The smallest absolute Gasteiger partial charge is 0.251 e. The van der Waals surface area contributed by atoms with Crippen molar-refractivity contribution in [3.63, 3.8) is 0 Å². The second-order valence-electron chi connectivity index (χ2n) is 4.22. The van der Waals surface area contributed by atoms with Crippen molar-refractivity contribution >= 4 is 18.3 Å². The minimum absolute atomic E-state index is 0. The lowest BCUT2D eigenvalue weighted by Gasteiger charge is -2.26. The van der Waals surface area contributed by atoms with Gasteiger partial charge in [-0.25, -0.2) is 4.39 Å². The molecule has 0 saturated carbocycles. The lowest BCUT2D eigenvalue weighted by atomic mass is 10.2. The number of hydrogen-bond acceptors (Lipinski definition) is 3.